The number of fused-ring (bicyclic) bond motifs is 2. The molecule has 2 fully saturated rings. The molecule has 2 bridgehead atoms. The minimum atomic E-state index is -0.519. The Kier molecular flexibility index (Phi) is 2.21. The van der Waals surface area contributed by atoms with Crippen molar-refractivity contribution in [3.05, 3.63) is 0 Å². The molecule has 0 aromatic rings. The van der Waals surface area contributed by atoms with Gasteiger partial charge in [-0.15, -0.1) is 12.4 Å². The SMILES string of the molecule is Cl.NC1CC2CC1CC2F. The molecule has 3 heteroatoms. The lowest BCUT2D eigenvalue weighted by Gasteiger charge is -2.19. The summed E-state index contributed by atoms with van der Waals surface area (Å²) in [6.45, 7) is 0. The molecule has 2 aliphatic rings. The third kappa shape index (κ3) is 1.04. The summed E-state index contributed by atoms with van der Waals surface area (Å²) in [5, 5.41) is 0. The average molecular weight is 166 g/mol. The van der Waals surface area contributed by atoms with Crippen LogP contribution in [0.5, 0.6) is 0 Å². The van der Waals surface area contributed by atoms with E-state index < -0.39 is 6.17 Å². The van der Waals surface area contributed by atoms with Gasteiger partial charge in [0.1, 0.15) is 6.17 Å². The van der Waals surface area contributed by atoms with Crippen molar-refractivity contribution in [3.8, 4) is 0 Å². The second-order valence-electron chi connectivity index (χ2n) is 3.41. The van der Waals surface area contributed by atoms with Gasteiger partial charge in [-0.05, 0) is 31.1 Å². The Balaban J connectivity index is 0.000000500. The van der Waals surface area contributed by atoms with Crippen molar-refractivity contribution in [2.24, 2.45) is 17.6 Å². The van der Waals surface area contributed by atoms with Crippen LogP contribution in [-0.2, 0) is 0 Å². The number of halogens is 2. The van der Waals surface area contributed by atoms with Crippen LogP contribution in [0.15, 0.2) is 0 Å². The summed E-state index contributed by atoms with van der Waals surface area (Å²) in [5.74, 6) is 0.843. The standard InChI is InChI=1S/C7H12FN.ClH/c8-6-2-5-1-4(6)3-7(5)9;/h4-7H,1-3,9H2;1H. The summed E-state index contributed by atoms with van der Waals surface area (Å²) in [7, 11) is 0. The van der Waals surface area contributed by atoms with Crippen LogP contribution >= 0.6 is 12.4 Å². The van der Waals surface area contributed by atoms with Crippen LogP contribution in [0.4, 0.5) is 4.39 Å². The topological polar surface area (TPSA) is 26.0 Å². The zero-order valence-electron chi connectivity index (χ0n) is 5.79. The first-order chi connectivity index (χ1) is 4.27. The van der Waals surface area contributed by atoms with Gasteiger partial charge in [0.2, 0.25) is 0 Å². The van der Waals surface area contributed by atoms with Crippen LogP contribution in [0.25, 0.3) is 0 Å². The number of nitrogens with two attached hydrogens (primary N) is 1. The van der Waals surface area contributed by atoms with E-state index >= 15 is 0 Å². The molecule has 2 rings (SSSR count). The average Bonchev–Trinajstić information content (AvgIpc) is 2.24. The van der Waals surface area contributed by atoms with E-state index in [9.17, 15) is 4.39 Å². The molecule has 0 aromatic carbocycles. The fraction of sp³-hybridized carbons (Fsp3) is 1.00. The van der Waals surface area contributed by atoms with Crippen molar-refractivity contribution in [2.45, 2.75) is 31.5 Å². The van der Waals surface area contributed by atoms with Gasteiger partial charge in [0.15, 0.2) is 0 Å². The van der Waals surface area contributed by atoms with E-state index in [0.29, 0.717) is 17.9 Å². The zero-order chi connectivity index (χ0) is 6.43. The summed E-state index contributed by atoms with van der Waals surface area (Å²) < 4.78 is 12.7. The van der Waals surface area contributed by atoms with Crippen molar-refractivity contribution in [1.82, 2.24) is 0 Å². The van der Waals surface area contributed by atoms with Gasteiger partial charge in [-0.1, -0.05) is 0 Å². The number of hydrogen-bond acceptors (Lipinski definition) is 1. The highest BCUT2D eigenvalue weighted by Gasteiger charge is 2.44. The van der Waals surface area contributed by atoms with Crippen LogP contribution in [-0.4, -0.2) is 12.2 Å². The highest BCUT2D eigenvalue weighted by Crippen LogP contribution is 2.45. The molecule has 1 nitrogen and oxygen atoms in total. The Bertz CT molecular complexity index is 113. The van der Waals surface area contributed by atoms with Crippen LogP contribution in [0.1, 0.15) is 19.3 Å². The molecule has 4 atom stereocenters. The van der Waals surface area contributed by atoms with Crippen LogP contribution in [0.2, 0.25) is 0 Å². The molecule has 10 heavy (non-hydrogen) atoms. The Morgan fingerprint density at radius 3 is 2.10 bits per heavy atom. The van der Waals surface area contributed by atoms with Crippen LogP contribution < -0.4 is 5.73 Å². The minimum Gasteiger partial charge on any atom is -0.327 e. The van der Waals surface area contributed by atoms with Gasteiger partial charge < -0.3 is 5.73 Å². The maximum atomic E-state index is 12.7. The molecular weight excluding hydrogens is 153 g/mol. The van der Waals surface area contributed by atoms with Crippen LogP contribution in [0.3, 0.4) is 0 Å². The van der Waals surface area contributed by atoms with Gasteiger partial charge in [0, 0.05) is 6.04 Å². The van der Waals surface area contributed by atoms with Gasteiger partial charge in [-0.25, -0.2) is 4.39 Å². The molecule has 2 aliphatic carbocycles. The molecule has 4 unspecified atom stereocenters. The summed E-state index contributed by atoms with van der Waals surface area (Å²) >= 11 is 0. The van der Waals surface area contributed by atoms with E-state index in [2.05, 4.69) is 0 Å². The second kappa shape index (κ2) is 2.67. The van der Waals surface area contributed by atoms with Gasteiger partial charge in [-0.2, -0.15) is 0 Å². The van der Waals surface area contributed by atoms with Gasteiger partial charge >= 0.3 is 0 Å². The Labute approximate surface area is 66.6 Å². The minimum absolute atomic E-state index is 0. The highest BCUT2D eigenvalue weighted by atomic mass is 35.5. The zero-order valence-corrected chi connectivity index (χ0v) is 6.61. The number of alkyl halides is 1. The van der Waals surface area contributed by atoms with E-state index in [-0.39, 0.29) is 12.4 Å². The van der Waals surface area contributed by atoms with Gasteiger partial charge in [0.25, 0.3) is 0 Å². The molecule has 0 aliphatic heterocycles. The van der Waals surface area contributed by atoms with Crippen molar-refractivity contribution in [2.75, 3.05) is 0 Å². The van der Waals surface area contributed by atoms with E-state index in [1.807, 2.05) is 0 Å². The molecule has 0 radical (unpaired) electrons. The van der Waals surface area contributed by atoms with Gasteiger partial charge in [0.05, 0.1) is 0 Å². The predicted molar refractivity (Wildman–Crippen MR) is 41.0 cm³/mol. The smallest absolute Gasteiger partial charge is 0.103 e. The molecule has 2 N–H and O–H groups in total. The summed E-state index contributed by atoms with van der Waals surface area (Å²) in [6.07, 6.45) is 2.22. The third-order valence-electron chi connectivity index (χ3n) is 2.83. The maximum absolute atomic E-state index is 12.7. The van der Waals surface area contributed by atoms with E-state index in [4.69, 9.17) is 5.73 Å². The van der Waals surface area contributed by atoms with Crippen molar-refractivity contribution >= 4 is 12.4 Å². The largest absolute Gasteiger partial charge is 0.327 e. The first kappa shape index (κ1) is 8.28. The number of rotatable bonds is 0. The van der Waals surface area contributed by atoms with E-state index in [0.717, 1.165) is 19.3 Å². The molecule has 2 saturated carbocycles. The van der Waals surface area contributed by atoms with Crippen LogP contribution in [0, 0.1) is 11.8 Å². The molecule has 0 aromatic heterocycles. The Morgan fingerprint density at radius 1 is 1.10 bits per heavy atom. The second-order valence-corrected chi connectivity index (χ2v) is 3.41. The lowest BCUT2D eigenvalue weighted by molar-refractivity contribution is 0.218. The molecule has 0 heterocycles. The third-order valence-corrected chi connectivity index (χ3v) is 2.83. The molecule has 0 saturated heterocycles. The maximum Gasteiger partial charge on any atom is 0.103 e. The quantitative estimate of drug-likeness (QED) is 0.579. The fourth-order valence-electron chi connectivity index (χ4n) is 2.25. The normalized spacial score (nSPS) is 51.0. The van der Waals surface area contributed by atoms with Crippen molar-refractivity contribution in [3.63, 3.8) is 0 Å². The Hall–Kier alpha value is 0.180. The van der Waals surface area contributed by atoms with Crippen molar-refractivity contribution in [1.29, 1.82) is 0 Å². The monoisotopic (exact) mass is 165 g/mol. The summed E-state index contributed by atoms with van der Waals surface area (Å²) in [4.78, 5) is 0. The Morgan fingerprint density at radius 2 is 1.80 bits per heavy atom. The molecule has 0 spiro atoms. The lowest BCUT2D eigenvalue weighted by Crippen LogP contribution is -2.30. The molecular formula is C7H13ClFN. The first-order valence-electron chi connectivity index (χ1n) is 3.67. The van der Waals surface area contributed by atoms with Crippen molar-refractivity contribution < 1.29 is 4.39 Å². The predicted octanol–water partition coefficient (Wildman–Crippen LogP) is 1.50. The van der Waals surface area contributed by atoms with E-state index in [1.54, 1.807) is 0 Å². The highest BCUT2D eigenvalue weighted by molar-refractivity contribution is 5.85. The molecule has 60 valence electrons. The molecule has 0 amide bonds. The van der Waals surface area contributed by atoms with Gasteiger partial charge in [-0.3, -0.25) is 0 Å². The lowest BCUT2D eigenvalue weighted by atomic mass is 9.95. The van der Waals surface area contributed by atoms with E-state index in [1.165, 1.54) is 0 Å². The summed E-state index contributed by atoms with van der Waals surface area (Å²) in [6, 6.07) is 0.321. The first-order valence-corrected chi connectivity index (χ1v) is 3.67. The number of hydrogen-bond donors (Lipinski definition) is 1. The summed E-state index contributed by atoms with van der Waals surface area (Å²) in [5.41, 5.74) is 5.72. The fourth-order valence-corrected chi connectivity index (χ4v) is 2.25.